The standard InChI is InChI=1S/C22H22ClN3O3S2/c23-18-6-8-19(9-7-18)25-11-13-26(14-12-25)31(28,29)20-10-15-30-21(20)22(27)24-16-17-4-2-1-3-5-17/h1-10,15H,11-14,16H2,(H,24,27). The minimum absolute atomic E-state index is 0.0722. The third kappa shape index (κ3) is 4.93. The fourth-order valence-corrected chi connectivity index (χ4v) is 6.37. The highest BCUT2D eigenvalue weighted by atomic mass is 35.5. The summed E-state index contributed by atoms with van der Waals surface area (Å²) in [5, 5.41) is 5.13. The van der Waals surface area contributed by atoms with E-state index in [-0.39, 0.29) is 15.7 Å². The topological polar surface area (TPSA) is 69.7 Å². The van der Waals surface area contributed by atoms with Crippen LogP contribution >= 0.6 is 22.9 Å². The second-order valence-corrected chi connectivity index (χ2v) is 10.4. The first-order chi connectivity index (χ1) is 14.9. The Morgan fingerprint density at radius 3 is 2.32 bits per heavy atom. The Balaban J connectivity index is 1.43. The van der Waals surface area contributed by atoms with E-state index in [2.05, 4.69) is 10.2 Å². The lowest BCUT2D eigenvalue weighted by Crippen LogP contribution is -2.48. The molecule has 9 heteroatoms. The molecule has 0 saturated carbocycles. The molecule has 1 aliphatic heterocycles. The van der Waals surface area contributed by atoms with Gasteiger partial charge in [0.2, 0.25) is 10.0 Å². The van der Waals surface area contributed by atoms with Crippen molar-refractivity contribution < 1.29 is 13.2 Å². The lowest BCUT2D eigenvalue weighted by molar-refractivity contribution is 0.0952. The molecular weight excluding hydrogens is 454 g/mol. The molecule has 1 aliphatic rings. The quantitative estimate of drug-likeness (QED) is 0.588. The van der Waals surface area contributed by atoms with Gasteiger partial charge in [-0.3, -0.25) is 4.79 Å². The van der Waals surface area contributed by atoms with Crippen molar-refractivity contribution in [2.45, 2.75) is 11.4 Å². The number of anilines is 1. The predicted octanol–water partition coefficient (Wildman–Crippen LogP) is 3.84. The lowest BCUT2D eigenvalue weighted by Gasteiger charge is -2.35. The monoisotopic (exact) mass is 475 g/mol. The van der Waals surface area contributed by atoms with Crippen molar-refractivity contribution in [1.82, 2.24) is 9.62 Å². The number of benzene rings is 2. The number of nitrogens with zero attached hydrogens (tertiary/aromatic N) is 2. The molecule has 0 aliphatic carbocycles. The molecule has 0 bridgehead atoms. The molecule has 1 amide bonds. The predicted molar refractivity (Wildman–Crippen MR) is 124 cm³/mol. The highest BCUT2D eigenvalue weighted by Crippen LogP contribution is 2.27. The summed E-state index contributed by atoms with van der Waals surface area (Å²) in [7, 11) is -3.75. The largest absolute Gasteiger partial charge is 0.369 e. The molecule has 0 radical (unpaired) electrons. The van der Waals surface area contributed by atoms with Gasteiger partial charge in [0.15, 0.2) is 0 Å². The molecule has 4 rings (SSSR count). The van der Waals surface area contributed by atoms with Gasteiger partial charge in [-0.1, -0.05) is 41.9 Å². The van der Waals surface area contributed by atoms with Gasteiger partial charge in [0.05, 0.1) is 0 Å². The van der Waals surface area contributed by atoms with Crippen molar-refractivity contribution in [2.75, 3.05) is 31.1 Å². The number of amides is 1. The van der Waals surface area contributed by atoms with Gasteiger partial charge in [0.25, 0.3) is 5.91 Å². The van der Waals surface area contributed by atoms with Gasteiger partial charge in [-0.15, -0.1) is 11.3 Å². The number of rotatable bonds is 6. The number of nitrogens with one attached hydrogen (secondary N) is 1. The Labute approximate surface area is 191 Å². The van der Waals surface area contributed by atoms with Gasteiger partial charge >= 0.3 is 0 Å². The Morgan fingerprint density at radius 2 is 1.65 bits per heavy atom. The van der Waals surface area contributed by atoms with Crippen LogP contribution in [0.15, 0.2) is 70.9 Å². The minimum Gasteiger partial charge on any atom is -0.369 e. The zero-order valence-corrected chi connectivity index (χ0v) is 19.1. The second-order valence-electron chi connectivity index (χ2n) is 7.15. The molecule has 1 saturated heterocycles. The molecule has 162 valence electrons. The van der Waals surface area contributed by atoms with E-state index in [0.717, 1.165) is 22.6 Å². The van der Waals surface area contributed by atoms with Crippen LogP contribution in [0.4, 0.5) is 5.69 Å². The van der Waals surface area contributed by atoms with Gasteiger partial charge in [0, 0.05) is 43.4 Å². The molecule has 0 unspecified atom stereocenters. The Bertz CT molecular complexity index is 1140. The first-order valence-electron chi connectivity index (χ1n) is 9.85. The van der Waals surface area contributed by atoms with Crippen LogP contribution in [0.1, 0.15) is 15.2 Å². The van der Waals surface area contributed by atoms with Crippen LogP contribution < -0.4 is 10.2 Å². The normalized spacial score (nSPS) is 15.1. The molecule has 2 aromatic carbocycles. The molecule has 31 heavy (non-hydrogen) atoms. The number of carbonyl (C=O) groups excluding carboxylic acids is 1. The SMILES string of the molecule is O=C(NCc1ccccc1)c1sccc1S(=O)(=O)N1CCN(c2ccc(Cl)cc2)CC1. The Morgan fingerprint density at radius 1 is 0.968 bits per heavy atom. The summed E-state index contributed by atoms with van der Waals surface area (Å²) < 4.78 is 28.0. The zero-order chi connectivity index (χ0) is 21.8. The van der Waals surface area contributed by atoms with E-state index in [1.54, 1.807) is 5.38 Å². The van der Waals surface area contributed by atoms with Gasteiger partial charge in [-0.05, 0) is 41.3 Å². The van der Waals surface area contributed by atoms with Crippen LogP contribution in [0.3, 0.4) is 0 Å². The maximum atomic E-state index is 13.3. The van der Waals surface area contributed by atoms with Gasteiger partial charge in [0.1, 0.15) is 9.77 Å². The smallest absolute Gasteiger partial charge is 0.263 e. The van der Waals surface area contributed by atoms with Crippen LogP contribution in [-0.4, -0.2) is 44.8 Å². The van der Waals surface area contributed by atoms with Crippen LogP contribution in [-0.2, 0) is 16.6 Å². The lowest BCUT2D eigenvalue weighted by atomic mass is 10.2. The Kier molecular flexibility index (Phi) is 6.62. The molecule has 1 N–H and O–H groups in total. The van der Waals surface area contributed by atoms with Crippen molar-refractivity contribution in [2.24, 2.45) is 0 Å². The molecule has 3 aromatic rings. The summed E-state index contributed by atoms with van der Waals surface area (Å²) in [5.41, 5.74) is 1.97. The summed E-state index contributed by atoms with van der Waals surface area (Å²) in [4.78, 5) is 15.1. The van der Waals surface area contributed by atoms with E-state index >= 15 is 0 Å². The number of carbonyl (C=O) groups is 1. The molecule has 0 spiro atoms. The Hall–Kier alpha value is -2.39. The molecule has 6 nitrogen and oxygen atoms in total. The minimum atomic E-state index is -3.75. The van der Waals surface area contributed by atoms with E-state index < -0.39 is 10.0 Å². The summed E-state index contributed by atoms with van der Waals surface area (Å²) in [6, 6.07) is 18.5. The van der Waals surface area contributed by atoms with Crippen LogP contribution in [0.2, 0.25) is 5.02 Å². The van der Waals surface area contributed by atoms with Crippen molar-refractivity contribution in [3.63, 3.8) is 0 Å². The van der Waals surface area contributed by atoms with Gasteiger partial charge < -0.3 is 10.2 Å². The highest BCUT2D eigenvalue weighted by Gasteiger charge is 2.32. The number of piperazine rings is 1. The van der Waals surface area contributed by atoms with Crippen LogP contribution in [0.25, 0.3) is 0 Å². The first-order valence-corrected chi connectivity index (χ1v) is 12.6. The molecule has 1 fully saturated rings. The van der Waals surface area contributed by atoms with Gasteiger partial charge in [-0.25, -0.2) is 8.42 Å². The number of hydrogen-bond donors (Lipinski definition) is 1. The van der Waals surface area contributed by atoms with Crippen molar-refractivity contribution in [3.05, 3.63) is 81.5 Å². The van der Waals surface area contributed by atoms with Gasteiger partial charge in [-0.2, -0.15) is 4.31 Å². The van der Waals surface area contributed by atoms with Crippen molar-refractivity contribution in [1.29, 1.82) is 0 Å². The highest BCUT2D eigenvalue weighted by molar-refractivity contribution is 7.89. The molecule has 2 heterocycles. The molecular formula is C22H22ClN3O3S2. The molecule has 0 atom stereocenters. The summed E-state index contributed by atoms with van der Waals surface area (Å²) >= 11 is 7.09. The van der Waals surface area contributed by atoms with E-state index in [4.69, 9.17) is 11.6 Å². The fraction of sp³-hybridized carbons (Fsp3) is 0.227. The van der Waals surface area contributed by atoms with Crippen molar-refractivity contribution in [3.8, 4) is 0 Å². The summed E-state index contributed by atoms with van der Waals surface area (Å²) in [6.45, 7) is 2.19. The van der Waals surface area contributed by atoms with E-state index in [0.29, 0.717) is 37.7 Å². The maximum Gasteiger partial charge on any atom is 0.263 e. The summed E-state index contributed by atoms with van der Waals surface area (Å²) in [5.74, 6) is -0.378. The average Bonchev–Trinajstić information content (AvgIpc) is 3.30. The number of hydrogen-bond acceptors (Lipinski definition) is 5. The van der Waals surface area contributed by atoms with E-state index in [9.17, 15) is 13.2 Å². The second kappa shape index (κ2) is 9.40. The average molecular weight is 476 g/mol. The van der Waals surface area contributed by atoms with Crippen molar-refractivity contribution >= 4 is 44.6 Å². The van der Waals surface area contributed by atoms with Crippen LogP contribution in [0.5, 0.6) is 0 Å². The van der Waals surface area contributed by atoms with E-state index in [1.807, 2.05) is 54.6 Å². The third-order valence-corrected chi connectivity index (χ3v) is 8.41. The summed E-state index contributed by atoms with van der Waals surface area (Å²) in [6.07, 6.45) is 0. The fourth-order valence-electron chi connectivity index (χ4n) is 3.50. The number of thiophene rings is 1. The number of sulfonamides is 1. The molecule has 1 aromatic heterocycles. The number of halogens is 1. The first kappa shape index (κ1) is 21.8. The third-order valence-electron chi connectivity index (χ3n) is 5.18. The van der Waals surface area contributed by atoms with E-state index in [1.165, 1.54) is 10.4 Å². The van der Waals surface area contributed by atoms with Crippen LogP contribution in [0, 0.1) is 0 Å². The maximum absolute atomic E-state index is 13.3. The zero-order valence-electron chi connectivity index (χ0n) is 16.7.